The van der Waals surface area contributed by atoms with E-state index >= 15 is 0 Å². The summed E-state index contributed by atoms with van der Waals surface area (Å²) >= 11 is 0. The Morgan fingerprint density at radius 1 is 0.742 bits per heavy atom. The van der Waals surface area contributed by atoms with Gasteiger partial charge in [-0.05, 0) is 49.8 Å². The average molecular weight is 426 g/mol. The van der Waals surface area contributed by atoms with E-state index in [0.717, 1.165) is 75.5 Å². The normalized spacial score (nSPS) is 22.3. The van der Waals surface area contributed by atoms with Gasteiger partial charge in [-0.25, -0.2) is 4.79 Å². The monoisotopic (exact) mass is 425 g/mol. The zero-order valence-corrected chi connectivity index (χ0v) is 18.9. The molecule has 6 heteroatoms. The fraction of sp³-hybridized carbons (Fsp3) is 0.640. The van der Waals surface area contributed by atoms with Crippen molar-refractivity contribution < 1.29 is 14.4 Å². The number of rotatable bonds is 5. The van der Waals surface area contributed by atoms with Crippen molar-refractivity contribution in [2.45, 2.75) is 82.7 Å². The molecule has 6 nitrogen and oxygen atoms in total. The number of hydrogen-bond acceptors (Lipinski definition) is 4. The summed E-state index contributed by atoms with van der Waals surface area (Å²) in [7, 11) is 3.97. The third-order valence-electron chi connectivity index (χ3n) is 7.26. The van der Waals surface area contributed by atoms with E-state index in [1.807, 2.05) is 43.3 Å². The zero-order chi connectivity index (χ0) is 22.0. The first-order chi connectivity index (χ1) is 15.0. The van der Waals surface area contributed by atoms with Crippen LogP contribution in [0.1, 0.15) is 69.8 Å². The Kier molecular flexibility index (Phi) is 6.63. The highest BCUT2D eigenvalue weighted by Crippen LogP contribution is 2.33. The predicted octanol–water partition coefficient (Wildman–Crippen LogP) is 4.37. The van der Waals surface area contributed by atoms with Crippen LogP contribution in [0.4, 0.5) is 10.5 Å². The van der Waals surface area contributed by atoms with E-state index in [4.69, 9.17) is 0 Å². The van der Waals surface area contributed by atoms with Crippen molar-refractivity contribution >= 4 is 23.5 Å². The topological polar surface area (TPSA) is 60.9 Å². The van der Waals surface area contributed by atoms with E-state index in [2.05, 4.69) is 0 Å². The van der Waals surface area contributed by atoms with Crippen LogP contribution >= 0.6 is 0 Å². The Morgan fingerprint density at radius 3 is 1.61 bits per heavy atom. The summed E-state index contributed by atoms with van der Waals surface area (Å²) in [6.45, 7) is 0. The first-order valence-corrected chi connectivity index (χ1v) is 11.9. The number of barbiturate groups is 1. The molecule has 168 valence electrons. The summed E-state index contributed by atoms with van der Waals surface area (Å²) in [6, 6.07) is 7.52. The summed E-state index contributed by atoms with van der Waals surface area (Å²) < 4.78 is 0. The second-order valence-corrected chi connectivity index (χ2v) is 9.60. The third kappa shape index (κ3) is 4.48. The van der Waals surface area contributed by atoms with Crippen molar-refractivity contribution in [2.75, 3.05) is 19.0 Å². The molecule has 3 fully saturated rings. The number of nitrogens with zero attached hydrogens (tertiary/aromatic N) is 3. The average Bonchev–Trinajstić information content (AvgIpc) is 2.78. The molecule has 0 N–H and O–H groups in total. The number of urea groups is 1. The number of carbonyl (C=O) groups is 3. The van der Waals surface area contributed by atoms with Gasteiger partial charge < -0.3 is 4.90 Å². The second kappa shape index (κ2) is 9.41. The van der Waals surface area contributed by atoms with Gasteiger partial charge in [0.1, 0.15) is 5.92 Å². The molecule has 0 aromatic heterocycles. The number of imide groups is 2. The summed E-state index contributed by atoms with van der Waals surface area (Å²) in [5, 5.41) is 0. The molecule has 0 spiro atoms. The Labute approximate surface area is 185 Å². The van der Waals surface area contributed by atoms with Crippen LogP contribution in [0.2, 0.25) is 0 Å². The Hall–Kier alpha value is -2.37. The molecular weight excluding hydrogens is 390 g/mol. The molecule has 4 amide bonds. The molecule has 1 heterocycles. The number of benzene rings is 1. The fourth-order valence-electron chi connectivity index (χ4n) is 5.44. The van der Waals surface area contributed by atoms with Gasteiger partial charge in [-0.3, -0.25) is 19.4 Å². The van der Waals surface area contributed by atoms with Gasteiger partial charge in [-0.1, -0.05) is 50.7 Å². The molecule has 0 bridgehead atoms. The van der Waals surface area contributed by atoms with E-state index in [9.17, 15) is 14.4 Å². The van der Waals surface area contributed by atoms with Gasteiger partial charge >= 0.3 is 6.03 Å². The molecule has 1 aliphatic heterocycles. The van der Waals surface area contributed by atoms with E-state index in [1.54, 1.807) is 0 Å². The first-order valence-electron chi connectivity index (χ1n) is 11.9. The third-order valence-corrected chi connectivity index (χ3v) is 7.26. The number of hydrogen-bond donors (Lipinski definition) is 0. The molecule has 1 saturated heterocycles. The maximum Gasteiger partial charge on any atom is 0.333 e. The molecule has 0 unspecified atom stereocenters. The van der Waals surface area contributed by atoms with Gasteiger partial charge in [0, 0.05) is 31.9 Å². The minimum Gasteiger partial charge on any atom is -0.378 e. The summed E-state index contributed by atoms with van der Waals surface area (Å²) in [4.78, 5) is 45.5. The van der Waals surface area contributed by atoms with Crippen molar-refractivity contribution in [3.8, 4) is 0 Å². The second-order valence-electron chi connectivity index (χ2n) is 9.60. The van der Waals surface area contributed by atoms with Crippen LogP contribution in [0, 0.1) is 5.92 Å². The van der Waals surface area contributed by atoms with Gasteiger partial charge in [-0.2, -0.15) is 0 Å². The molecule has 3 aliphatic rings. The lowest BCUT2D eigenvalue weighted by atomic mass is 9.87. The molecular formula is C25H35N3O3. The van der Waals surface area contributed by atoms with Crippen molar-refractivity contribution in [1.29, 1.82) is 0 Å². The Morgan fingerprint density at radius 2 is 1.19 bits per heavy atom. The van der Waals surface area contributed by atoms with Crippen LogP contribution < -0.4 is 4.90 Å². The summed E-state index contributed by atoms with van der Waals surface area (Å²) in [6.07, 6.45) is 10.2. The zero-order valence-electron chi connectivity index (χ0n) is 18.9. The van der Waals surface area contributed by atoms with Gasteiger partial charge in [0.2, 0.25) is 11.8 Å². The van der Waals surface area contributed by atoms with E-state index in [0.29, 0.717) is 6.42 Å². The maximum atomic E-state index is 13.5. The van der Waals surface area contributed by atoms with Gasteiger partial charge in [-0.15, -0.1) is 0 Å². The van der Waals surface area contributed by atoms with E-state index in [1.165, 1.54) is 9.80 Å². The highest BCUT2D eigenvalue weighted by Gasteiger charge is 2.50. The smallest absolute Gasteiger partial charge is 0.333 e. The Bertz CT molecular complexity index is 768. The highest BCUT2D eigenvalue weighted by atomic mass is 16.2. The summed E-state index contributed by atoms with van der Waals surface area (Å²) in [5.74, 6) is -1.37. The Balaban J connectivity index is 1.62. The highest BCUT2D eigenvalue weighted by molar-refractivity contribution is 6.16. The predicted molar refractivity (Wildman–Crippen MR) is 121 cm³/mol. The lowest BCUT2D eigenvalue weighted by molar-refractivity contribution is -0.153. The van der Waals surface area contributed by atoms with Gasteiger partial charge in [0.05, 0.1) is 0 Å². The quantitative estimate of drug-likeness (QED) is 0.658. The van der Waals surface area contributed by atoms with Crippen molar-refractivity contribution in [3.05, 3.63) is 29.8 Å². The van der Waals surface area contributed by atoms with Crippen LogP contribution in [0.3, 0.4) is 0 Å². The first kappa shape index (κ1) is 21.8. The van der Waals surface area contributed by atoms with Gasteiger partial charge in [0.15, 0.2) is 0 Å². The maximum absolute atomic E-state index is 13.5. The fourth-order valence-corrected chi connectivity index (χ4v) is 5.44. The van der Waals surface area contributed by atoms with Crippen molar-refractivity contribution in [1.82, 2.24) is 9.80 Å². The molecule has 0 radical (unpaired) electrons. The SMILES string of the molecule is CN(C)c1ccc(CC2C(=O)N(C3CCCCC3)C(=O)N(C3CCCCC3)C2=O)cc1. The molecule has 4 rings (SSSR count). The minimum atomic E-state index is -0.799. The van der Waals surface area contributed by atoms with Crippen LogP contribution in [-0.2, 0) is 16.0 Å². The molecule has 2 aliphatic carbocycles. The van der Waals surface area contributed by atoms with Crippen LogP contribution in [0.5, 0.6) is 0 Å². The number of amides is 4. The van der Waals surface area contributed by atoms with Gasteiger partial charge in [0.25, 0.3) is 0 Å². The van der Waals surface area contributed by atoms with Crippen molar-refractivity contribution in [3.63, 3.8) is 0 Å². The standard InChI is InChI=1S/C25H35N3O3/c1-26(2)19-15-13-18(14-16-19)17-22-23(29)27(20-9-5-3-6-10-20)25(31)28(24(22)30)21-11-7-4-8-12-21/h13-16,20-22H,3-12,17H2,1-2H3. The lowest BCUT2D eigenvalue weighted by Crippen LogP contribution is -2.65. The lowest BCUT2D eigenvalue weighted by Gasteiger charge is -2.45. The number of carbonyl (C=O) groups excluding carboxylic acids is 3. The molecule has 1 aromatic rings. The molecule has 0 atom stereocenters. The molecule has 31 heavy (non-hydrogen) atoms. The largest absolute Gasteiger partial charge is 0.378 e. The van der Waals surface area contributed by atoms with E-state index in [-0.39, 0.29) is 29.9 Å². The van der Waals surface area contributed by atoms with Crippen LogP contribution in [0.25, 0.3) is 0 Å². The van der Waals surface area contributed by atoms with Crippen LogP contribution in [0.15, 0.2) is 24.3 Å². The van der Waals surface area contributed by atoms with E-state index < -0.39 is 5.92 Å². The van der Waals surface area contributed by atoms with Crippen molar-refractivity contribution in [2.24, 2.45) is 5.92 Å². The summed E-state index contributed by atoms with van der Waals surface area (Å²) in [5.41, 5.74) is 2.03. The molecule has 1 aromatic carbocycles. The number of anilines is 1. The minimum absolute atomic E-state index is 0.0634. The molecule has 2 saturated carbocycles. The van der Waals surface area contributed by atoms with Crippen LogP contribution in [-0.4, -0.2) is 53.8 Å².